The van der Waals surface area contributed by atoms with Gasteiger partial charge in [-0.1, -0.05) is 0 Å². The van der Waals surface area contributed by atoms with Gasteiger partial charge in [0, 0.05) is 24.0 Å². The molecule has 7 heteroatoms. The number of β-amino-alcohol motifs (C(OH)–C–C–N with tert-alkyl or cyclic N) is 1. The first kappa shape index (κ1) is 17.3. The maximum absolute atomic E-state index is 12.4. The van der Waals surface area contributed by atoms with Crippen LogP contribution in [-0.4, -0.2) is 34.0 Å². The minimum absolute atomic E-state index is 0.0851. The molecule has 0 bridgehead atoms. The number of rotatable bonds is 5. The summed E-state index contributed by atoms with van der Waals surface area (Å²) in [6.45, 7) is 6.40. The van der Waals surface area contributed by atoms with Crippen LogP contribution >= 0.6 is 11.8 Å². The van der Waals surface area contributed by atoms with Crippen molar-refractivity contribution >= 4 is 11.8 Å². The molecule has 1 atom stereocenters. The number of aromatic nitrogens is 1. The fourth-order valence-electron chi connectivity index (χ4n) is 1.30. The van der Waals surface area contributed by atoms with Gasteiger partial charge in [0.1, 0.15) is 0 Å². The number of hydrogen-bond donors (Lipinski definition) is 2. The van der Waals surface area contributed by atoms with Crippen molar-refractivity contribution in [2.75, 3.05) is 12.3 Å². The second-order valence-corrected chi connectivity index (χ2v) is 6.52. The minimum Gasteiger partial charge on any atom is -0.391 e. The monoisotopic (exact) mass is 308 g/mol. The highest BCUT2D eigenvalue weighted by atomic mass is 32.2. The van der Waals surface area contributed by atoms with Crippen molar-refractivity contribution in [3.63, 3.8) is 0 Å². The molecule has 1 unspecified atom stereocenters. The average molecular weight is 308 g/mol. The molecule has 0 spiro atoms. The molecule has 20 heavy (non-hydrogen) atoms. The van der Waals surface area contributed by atoms with Crippen LogP contribution in [0.25, 0.3) is 0 Å². The molecule has 0 aliphatic rings. The number of thioether (sulfide) groups is 1. The van der Waals surface area contributed by atoms with Crippen LogP contribution in [-0.2, 0) is 6.18 Å². The predicted octanol–water partition coefficient (Wildman–Crippen LogP) is 2.94. The van der Waals surface area contributed by atoms with E-state index < -0.39 is 17.8 Å². The normalized spacial score (nSPS) is 14.3. The summed E-state index contributed by atoms with van der Waals surface area (Å²) in [6.07, 6.45) is -4.14. The zero-order valence-electron chi connectivity index (χ0n) is 11.7. The lowest BCUT2D eigenvalue weighted by molar-refractivity contribution is -0.137. The Morgan fingerprint density at radius 2 is 1.95 bits per heavy atom. The lowest BCUT2D eigenvalue weighted by Gasteiger charge is -2.22. The predicted molar refractivity (Wildman–Crippen MR) is 73.7 cm³/mol. The fraction of sp³-hybridized carbons (Fsp3) is 0.615. The third-order valence-corrected chi connectivity index (χ3v) is 3.44. The zero-order chi connectivity index (χ0) is 15.4. The van der Waals surface area contributed by atoms with E-state index in [1.807, 2.05) is 20.8 Å². The van der Waals surface area contributed by atoms with Crippen LogP contribution in [0.1, 0.15) is 26.3 Å². The molecule has 0 saturated heterocycles. The molecule has 0 saturated carbocycles. The van der Waals surface area contributed by atoms with Gasteiger partial charge in [-0.2, -0.15) is 13.2 Å². The van der Waals surface area contributed by atoms with Gasteiger partial charge in [-0.3, -0.25) is 0 Å². The Kier molecular flexibility index (Phi) is 5.85. The highest BCUT2D eigenvalue weighted by molar-refractivity contribution is 7.99. The Bertz CT molecular complexity index is 415. The van der Waals surface area contributed by atoms with Crippen molar-refractivity contribution in [2.24, 2.45) is 0 Å². The van der Waals surface area contributed by atoms with Crippen molar-refractivity contribution in [3.8, 4) is 0 Å². The van der Waals surface area contributed by atoms with Gasteiger partial charge >= 0.3 is 6.18 Å². The third-order valence-electron chi connectivity index (χ3n) is 2.36. The van der Waals surface area contributed by atoms with Gasteiger partial charge in [-0.15, -0.1) is 11.8 Å². The first-order valence-corrected chi connectivity index (χ1v) is 7.15. The van der Waals surface area contributed by atoms with E-state index in [0.717, 1.165) is 12.3 Å². The van der Waals surface area contributed by atoms with Crippen molar-refractivity contribution < 1.29 is 18.3 Å². The van der Waals surface area contributed by atoms with Crippen molar-refractivity contribution in [1.29, 1.82) is 0 Å². The first-order chi connectivity index (χ1) is 9.08. The van der Waals surface area contributed by atoms with Gasteiger partial charge in [-0.25, -0.2) is 4.98 Å². The van der Waals surface area contributed by atoms with Crippen molar-refractivity contribution in [1.82, 2.24) is 10.3 Å². The summed E-state index contributed by atoms with van der Waals surface area (Å²) < 4.78 is 37.1. The van der Waals surface area contributed by atoms with Crippen LogP contribution in [0.4, 0.5) is 13.2 Å². The largest absolute Gasteiger partial charge is 0.417 e. The zero-order valence-corrected chi connectivity index (χ0v) is 12.5. The third kappa shape index (κ3) is 6.58. The standard InChI is InChI=1S/C13H19F3N2OS/c1-12(2,3)18-7-10(19)8-20-11-5-4-9(6-17-11)13(14,15)16/h4-6,10,18-19H,7-8H2,1-3H3. The summed E-state index contributed by atoms with van der Waals surface area (Å²) in [4.78, 5) is 3.74. The van der Waals surface area contributed by atoms with Crippen LogP contribution in [0.2, 0.25) is 0 Å². The van der Waals surface area contributed by atoms with Crippen LogP contribution in [0.5, 0.6) is 0 Å². The Hall–Kier alpha value is -0.790. The van der Waals surface area contributed by atoms with E-state index in [1.165, 1.54) is 17.8 Å². The summed E-state index contributed by atoms with van der Waals surface area (Å²) in [5.41, 5.74) is -0.852. The fourth-order valence-corrected chi connectivity index (χ4v) is 2.07. The Morgan fingerprint density at radius 3 is 2.40 bits per heavy atom. The average Bonchev–Trinajstić information content (AvgIpc) is 2.32. The molecule has 0 aliphatic heterocycles. The lowest BCUT2D eigenvalue weighted by Crippen LogP contribution is -2.41. The van der Waals surface area contributed by atoms with E-state index in [2.05, 4.69) is 10.3 Å². The highest BCUT2D eigenvalue weighted by Crippen LogP contribution is 2.29. The maximum atomic E-state index is 12.4. The molecule has 3 nitrogen and oxygen atoms in total. The molecule has 0 fully saturated rings. The van der Waals surface area contributed by atoms with Gasteiger partial charge in [0.25, 0.3) is 0 Å². The minimum atomic E-state index is -4.37. The van der Waals surface area contributed by atoms with Gasteiger partial charge in [0.05, 0.1) is 16.7 Å². The maximum Gasteiger partial charge on any atom is 0.417 e. The molecule has 0 radical (unpaired) electrons. The summed E-state index contributed by atoms with van der Waals surface area (Å²) in [5, 5.41) is 13.4. The summed E-state index contributed by atoms with van der Waals surface area (Å²) in [7, 11) is 0. The van der Waals surface area contributed by atoms with E-state index in [-0.39, 0.29) is 5.54 Å². The molecule has 1 heterocycles. The lowest BCUT2D eigenvalue weighted by atomic mass is 10.1. The second kappa shape index (κ2) is 6.78. The van der Waals surface area contributed by atoms with Crippen molar-refractivity contribution in [3.05, 3.63) is 23.9 Å². The molecular formula is C13H19F3N2OS. The number of aliphatic hydroxyl groups excluding tert-OH is 1. The number of halogens is 3. The number of pyridine rings is 1. The number of alkyl halides is 3. The quantitative estimate of drug-likeness (QED) is 0.821. The molecule has 114 valence electrons. The Balaban J connectivity index is 2.42. The van der Waals surface area contributed by atoms with Gasteiger partial charge in [0.15, 0.2) is 0 Å². The molecular weight excluding hydrogens is 289 g/mol. The topological polar surface area (TPSA) is 45.1 Å². The molecule has 0 aromatic carbocycles. The summed E-state index contributed by atoms with van der Waals surface area (Å²) >= 11 is 1.23. The Morgan fingerprint density at radius 1 is 1.30 bits per heavy atom. The number of hydrogen-bond acceptors (Lipinski definition) is 4. The van der Waals surface area contributed by atoms with Gasteiger partial charge in [0.2, 0.25) is 0 Å². The molecule has 2 N–H and O–H groups in total. The summed E-state index contributed by atoms with van der Waals surface area (Å²) in [5.74, 6) is 0.376. The van der Waals surface area contributed by atoms with E-state index in [9.17, 15) is 18.3 Å². The van der Waals surface area contributed by atoms with Crippen molar-refractivity contribution in [2.45, 2.75) is 43.6 Å². The highest BCUT2D eigenvalue weighted by Gasteiger charge is 2.30. The van der Waals surface area contributed by atoms with Gasteiger partial charge in [-0.05, 0) is 32.9 Å². The second-order valence-electron chi connectivity index (χ2n) is 5.48. The van der Waals surface area contributed by atoms with Crippen LogP contribution in [0.15, 0.2) is 23.4 Å². The van der Waals surface area contributed by atoms with Gasteiger partial charge < -0.3 is 10.4 Å². The molecule has 1 aromatic rings. The molecule has 0 aliphatic carbocycles. The molecule has 0 amide bonds. The van der Waals surface area contributed by atoms with Crippen LogP contribution < -0.4 is 5.32 Å². The first-order valence-electron chi connectivity index (χ1n) is 6.17. The molecule has 1 rings (SSSR count). The van der Waals surface area contributed by atoms with Crippen LogP contribution in [0, 0.1) is 0 Å². The summed E-state index contributed by atoms with van der Waals surface area (Å²) in [6, 6.07) is 2.31. The Labute approximate surface area is 121 Å². The van der Waals surface area contributed by atoms with E-state index in [1.54, 1.807) is 0 Å². The SMILES string of the molecule is CC(C)(C)NCC(O)CSc1ccc(C(F)(F)F)cn1. The van der Waals surface area contributed by atoms with E-state index in [0.29, 0.717) is 17.3 Å². The molecule has 1 aromatic heterocycles. The number of nitrogens with zero attached hydrogens (tertiary/aromatic N) is 1. The van der Waals surface area contributed by atoms with E-state index in [4.69, 9.17) is 0 Å². The smallest absolute Gasteiger partial charge is 0.391 e. The number of nitrogens with one attached hydrogen (secondary N) is 1. The number of aliphatic hydroxyl groups is 1. The van der Waals surface area contributed by atoms with E-state index >= 15 is 0 Å². The van der Waals surface area contributed by atoms with Crippen LogP contribution in [0.3, 0.4) is 0 Å².